The summed E-state index contributed by atoms with van der Waals surface area (Å²) in [5.74, 6) is -0.993. The highest BCUT2D eigenvalue weighted by molar-refractivity contribution is 5.67. The van der Waals surface area contributed by atoms with Crippen LogP contribution >= 0.6 is 0 Å². The van der Waals surface area contributed by atoms with Gasteiger partial charge >= 0.3 is 5.97 Å². The summed E-state index contributed by atoms with van der Waals surface area (Å²) in [5, 5.41) is 11.2. The van der Waals surface area contributed by atoms with E-state index in [1.807, 2.05) is 0 Å². The van der Waals surface area contributed by atoms with Crippen molar-refractivity contribution in [1.82, 2.24) is 5.32 Å². The van der Waals surface area contributed by atoms with Crippen molar-refractivity contribution in [3.05, 3.63) is 0 Å². The first kappa shape index (κ1) is 17.9. The molecule has 0 aromatic heterocycles. The molecule has 0 amide bonds. The molecule has 0 rings (SSSR count). The number of aldehydes is 1. The highest BCUT2D eigenvalue weighted by Gasteiger charge is 1.95. The van der Waals surface area contributed by atoms with Crippen LogP contribution in [0.5, 0.6) is 0 Å². The van der Waals surface area contributed by atoms with Crippen LogP contribution in [0.1, 0.15) is 0 Å². The Kier molecular flexibility index (Phi) is 14.2. The largest absolute Gasteiger partial charge is 0.480 e. The van der Waals surface area contributed by atoms with E-state index < -0.39 is 5.97 Å². The molecular formula is C11H21NO7. The zero-order chi connectivity index (χ0) is 14.2. The summed E-state index contributed by atoms with van der Waals surface area (Å²) >= 11 is 0. The predicted molar refractivity (Wildman–Crippen MR) is 65.0 cm³/mol. The minimum atomic E-state index is -0.993. The fraction of sp³-hybridized carbons (Fsp3) is 0.818. The van der Waals surface area contributed by atoms with E-state index in [4.69, 9.17) is 24.1 Å². The van der Waals surface area contributed by atoms with Crippen molar-refractivity contribution in [3.8, 4) is 0 Å². The maximum atomic E-state index is 10.1. The number of nitrogens with one attached hydrogen (secondary N) is 1. The third-order valence-electron chi connectivity index (χ3n) is 1.78. The van der Waals surface area contributed by atoms with Crippen molar-refractivity contribution in [2.24, 2.45) is 0 Å². The molecule has 0 unspecified atom stereocenters. The van der Waals surface area contributed by atoms with Crippen LogP contribution in [0.2, 0.25) is 0 Å². The normalized spacial score (nSPS) is 10.5. The summed E-state index contributed by atoms with van der Waals surface area (Å²) in [6, 6.07) is 0. The van der Waals surface area contributed by atoms with Gasteiger partial charge in [0.1, 0.15) is 19.5 Å². The number of rotatable bonds is 15. The Hall–Kier alpha value is -1.06. The van der Waals surface area contributed by atoms with Gasteiger partial charge in [0.25, 0.3) is 0 Å². The maximum Gasteiger partial charge on any atom is 0.329 e. The van der Waals surface area contributed by atoms with Crippen LogP contribution in [0.4, 0.5) is 0 Å². The summed E-state index contributed by atoms with van der Waals surface area (Å²) in [7, 11) is 0. The Bertz CT molecular complexity index is 225. The van der Waals surface area contributed by atoms with Gasteiger partial charge in [-0.2, -0.15) is 0 Å². The Labute approximate surface area is 112 Å². The monoisotopic (exact) mass is 279 g/mol. The third kappa shape index (κ3) is 16.9. The molecule has 0 aliphatic heterocycles. The van der Waals surface area contributed by atoms with Gasteiger partial charge in [0.05, 0.1) is 39.8 Å². The summed E-state index contributed by atoms with van der Waals surface area (Å²) in [6.07, 6.45) is 0.690. The van der Waals surface area contributed by atoms with E-state index in [1.54, 1.807) is 0 Å². The number of carbonyl (C=O) groups is 2. The van der Waals surface area contributed by atoms with E-state index in [9.17, 15) is 9.59 Å². The van der Waals surface area contributed by atoms with Gasteiger partial charge in [-0.05, 0) is 0 Å². The Balaban J connectivity index is 2.95. The fourth-order valence-electron chi connectivity index (χ4n) is 0.995. The van der Waals surface area contributed by atoms with Crippen LogP contribution in [-0.2, 0) is 28.5 Å². The van der Waals surface area contributed by atoms with E-state index in [2.05, 4.69) is 5.32 Å². The van der Waals surface area contributed by atoms with Crippen LogP contribution in [0.3, 0.4) is 0 Å². The average Bonchev–Trinajstić information content (AvgIpc) is 2.39. The van der Waals surface area contributed by atoms with Gasteiger partial charge in [-0.15, -0.1) is 0 Å². The van der Waals surface area contributed by atoms with Crippen molar-refractivity contribution in [3.63, 3.8) is 0 Å². The minimum absolute atomic E-state index is 0.0889. The predicted octanol–water partition coefficient (Wildman–Crippen LogP) is -1.12. The first-order valence-electron chi connectivity index (χ1n) is 5.94. The van der Waals surface area contributed by atoms with E-state index in [1.165, 1.54) is 0 Å². The maximum absolute atomic E-state index is 10.1. The molecule has 0 aliphatic rings. The standard InChI is InChI=1S/C11H21NO7/c13-2-4-19-10-12-1-3-16-5-6-17-7-8-18-9-11(14)15/h2,12H,1,3-10H2,(H,14,15). The van der Waals surface area contributed by atoms with Crippen molar-refractivity contribution in [2.75, 3.05) is 59.5 Å². The first-order chi connectivity index (χ1) is 9.27. The number of aliphatic carboxylic acids is 1. The zero-order valence-corrected chi connectivity index (χ0v) is 10.8. The molecule has 0 fully saturated rings. The van der Waals surface area contributed by atoms with Gasteiger partial charge in [-0.3, -0.25) is 5.32 Å². The first-order valence-corrected chi connectivity index (χ1v) is 5.94. The molecule has 0 spiro atoms. The molecule has 8 nitrogen and oxygen atoms in total. The van der Waals surface area contributed by atoms with Gasteiger partial charge in [-0.1, -0.05) is 0 Å². The molecule has 0 bridgehead atoms. The Morgan fingerprint density at radius 1 is 1.00 bits per heavy atom. The number of carbonyl (C=O) groups excluding carboxylic acids is 1. The van der Waals surface area contributed by atoms with Crippen molar-refractivity contribution < 1.29 is 33.6 Å². The van der Waals surface area contributed by atoms with Crippen molar-refractivity contribution >= 4 is 12.3 Å². The second-order valence-corrected chi connectivity index (χ2v) is 3.35. The van der Waals surface area contributed by atoms with Gasteiger partial charge in [0, 0.05) is 6.54 Å². The number of carboxylic acid groups (broad SMARTS) is 1. The minimum Gasteiger partial charge on any atom is -0.480 e. The third-order valence-corrected chi connectivity index (χ3v) is 1.78. The van der Waals surface area contributed by atoms with Gasteiger partial charge < -0.3 is 28.8 Å². The van der Waals surface area contributed by atoms with Gasteiger partial charge in [0.2, 0.25) is 0 Å². The molecule has 0 radical (unpaired) electrons. The van der Waals surface area contributed by atoms with Crippen LogP contribution in [-0.4, -0.2) is 76.9 Å². The highest BCUT2D eigenvalue weighted by Crippen LogP contribution is 1.81. The van der Waals surface area contributed by atoms with Gasteiger partial charge in [-0.25, -0.2) is 4.79 Å². The van der Waals surface area contributed by atoms with Crippen LogP contribution in [0.15, 0.2) is 0 Å². The molecule has 0 aromatic carbocycles. The molecule has 8 heteroatoms. The lowest BCUT2D eigenvalue weighted by Crippen LogP contribution is -2.24. The quantitative estimate of drug-likeness (QED) is 0.221. The van der Waals surface area contributed by atoms with E-state index in [0.717, 1.165) is 0 Å². The summed E-state index contributed by atoms with van der Waals surface area (Å²) in [6.45, 7) is 2.72. The summed E-state index contributed by atoms with van der Waals surface area (Å²) in [4.78, 5) is 20.0. The van der Waals surface area contributed by atoms with Gasteiger partial charge in [0.15, 0.2) is 0 Å². The number of hydrogen-bond acceptors (Lipinski definition) is 7. The lowest BCUT2D eigenvalue weighted by molar-refractivity contribution is -0.142. The van der Waals surface area contributed by atoms with Crippen molar-refractivity contribution in [2.45, 2.75) is 0 Å². The van der Waals surface area contributed by atoms with E-state index in [0.29, 0.717) is 46.0 Å². The molecule has 0 heterocycles. The number of carboxylic acids is 1. The van der Waals surface area contributed by atoms with Crippen LogP contribution < -0.4 is 5.32 Å². The molecule has 0 saturated heterocycles. The highest BCUT2D eigenvalue weighted by atomic mass is 16.5. The molecule has 0 aromatic rings. The average molecular weight is 279 g/mol. The molecule has 0 aliphatic carbocycles. The van der Waals surface area contributed by atoms with E-state index in [-0.39, 0.29) is 19.8 Å². The Morgan fingerprint density at radius 3 is 2.26 bits per heavy atom. The Morgan fingerprint density at radius 2 is 1.63 bits per heavy atom. The molecule has 19 heavy (non-hydrogen) atoms. The second-order valence-electron chi connectivity index (χ2n) is 3.35. The zero-order valence-electron chi connectivity index (χ0n) is 10.8. The molecule has 0 atom stereocenters. The topological polar surface area (TPSA) is 103 Å². The number of hydrogen-bond donors (Lipinski definition) is 2. The molecular weight excluding hydrogens is 258 g/mol. The van der Waals surface area contributed by atoms with Crippen LogP contribution in [0, 0.1) is 0 Å². The number of ether oxygens (including phenoxy) is 4. The van der Waals surface area contributed by atoms with Crippen molar-refractivity contribution in [1.29, 1.82) is 0 Å². The molecule has 0 saturated carbocycles. The fourth-order valence-corrected chi connectivity index (χ4v) is 0.995. The SMILES string of the molecule is O=CCOCNCCOCCOCCOCC(=O)O. The lowest BCUT2D eigenvalue weighted by atomic mass is 10.6. The second kappa shape index (κ2) is 15.0. The summed E-state index contributed by atoms with van der Waals surface area (Å²) in [5.41, 5.74) is 0. The van der Waals surface area contributed by atoms with Crippen LogP contribution in [0.25, 0.3) is 0 Å². The summed E-state index contributed by atoms with van der Waals surface area (Å²) < 4.78 is 20.0. The molecule has 112 valence electrons. The smallest absolute Gasteiger partial charge is 0.329 e. The van der Waals surface area contributed by atoms with E-state index >= 15 is 0 Å². The lowest BCUT2D eigenvalue weighted by Gasteiger charge is -2.07. The molecule has 2 N–H and O–H groups in total.